The van der Waals surface area contributed by atoms with E-state index in [0.29, 0.717) is 6.42 Å². The first-order chi connectivity index (χ1) is 4.81. The minimum absolute atomic E-state index is 0.330. The molecule has 10 heavy (non-hydrogen) atoms. The van der Waals surface area contributed by atoms with Crippen molar-refractivity contribution in [3.05, 3.63) is 24.8 Å². The number of allylic oxidation sites excluding steroid dienone is 1. The number of aliphatic hydroxyl groups is 1. The zero-order valence-corrected chi connectivity index (χ0v) is 6.59. The van der Waals surface area contributed by atoms with E-state index < -0.39 is 0 Å². The summed E-state index contributed by atoms with van der Waals surface area (Å²) in [5.41, 5.74) is 0. The normalized spacial score (nSPS) is 13.8. The average molecular weight is 140 g/mol. The van der Waals surface area contributed by atoms with E-state index in [-0.39, 0.29) is 6.10 Å². The molecule has 58 valence electrons. The van der Waals surface area contributed by atoms with Crippen LogP contribution in [0.4, 0.5) is 0 Å². The van der Waals surface area contributed by atoms with Crippen molar-refractivity contribution < 1.29 is 5.11 Å². The second kappa shape index (κ2) is 6.56. The van der Waals surface area contributed by atoms with Crippen LogP contribution in [0.1, 0.15) is 26.2 Å². The van der Waals surface area contributed by atoms with Gasteiger partial charge in [-0.2, -0.15) is 0 Å². The van der Waals surface area contributed by atoms with E-state index in [1.807, 2.05) is 12.2 Å². The summed E-state index contributed by atoms with van der Waals surface area (Å²) in [7, 11) is 0. The molecule has 0 rings (SSSR count). The van der Waals surface area contributed by atoms with Crippen molar-refractivity contribution in [2.24, 2.45) is 0 Å². The van der Waals surface area contributed by atoms with Crippen molar-refractivity contribution in [2.75, 3.05) is 0 Å². The molecular weight excluding hydrogens is 124 g/mol. The minimum atomic E-state index is -0.330. The van der Waals surface area contributed by atoms with E-state index in [9.17, 15) is 0 Å². The Balaban J connectivity index is 3.34. The molecule has 0 saturated heterocycles. The smallest absolute Gasteiger partial charge is 0.0755 e. The highest BCUT2D eigenvalue weighted by Crippen LogP contribution is 1.96. The molecule has 0 aromatic rings. The second-order valence-electron chi connectivity index (χ2n) is 2.31. The van der Waals surface area contributed by atoms with E-state index in [1.165, 1.54) is 0 Å². The van der Waals surface area contributed by atoms with E-state index in [4.69, 9.17) is 5.11 Å². The van der Waals surface area contributed by atoms with Crippen LogP contribution in [-0.4, -0.2) is 11.2 Å². The Hall–Kier alpha value is -0.560. The van der Waals surface area contributed by atoms with Crippen LogP contribution in [0.2, 0.25) is 0 Å². The van der Waals surface area contributed by atoms with E-state index in [0.717, 1.165) is 12.8 Å². The Kier molecular flexibility index (Phi) is 6.19. The maximum Gasteiger partial charge on any atom is 0.0755 e. The zero-order chi connectivity index (χ0) is 7.82. The molecule has 1 nitrogen and oxygen atoms in total. The van der Waals surface area contributed by atoms with Crippen LogP contribution in [0.15, 0.2) is 24.8 Å². The molecule has 0 amide bonds. The summed E-state index contributed by atoms with van der Waals surface area (Å²) in [4.78, 5) is 0. The maximum atomic E-state index is 9.12. The van der Waals surface area contributed by atoms with Crippen molar-refractivity contribution in [3.63, 3.8) is 0 Å². The molecule has 0 fully saturated rings. The Morgan fingerprint density at radius 1 is 1.60 bits per heavy atom. The molecule has 1 heteroatoms. The van der Waals surface area contributed by atoms with Crippen molar-refractivity contribution in [1.29, 1.82) is 0 Å². The zero-order valence-electron chi connectivity index (χ0n) is 6.59. The molecule has 1 atom stereocenters. The van der Waals surface area contributed by atoms with E-state index in [1.54, 1.807) is 6.08 Å². The first-order valence-electron chi connectivity index (χ1n) is 3.76. The Labute approximate surface area is 63.1 Å². The summed E-state index contributed by atoms with van der Waals surface area (Å²) in [6.45, 7) is 5.65. The summed E-state index contributed by atoms with van der Waals surface area (Å²) in [5, 5.41) is 9.12. The summed E-state index contributed by atoms with van der Waals surface area (Å²) in [6, 6.07) is 0. The Morgan fingerprint density at radius 3 is 2.80 bits per heavy atom. The van der Waals surface area contributed by atoms with Gasteiger partial charge in [0.25, 0.3) is 0 Å². The number of hydrogen-bond acceptors (Lipinski definition) is 1. The van der Waals surface area contributed by atoms with E-state index in [2.05, 4.69) is 13.5 Å². The van der Waals surface area contributed by atoms with Gasteiger partial charge in [0.15, 0.2) is 0 Å². The van der Waals surface area contributed by atoms with Gasteiger partial charge >= 0.3 is 0 Å². The van der Waals surface area contributed by atoms with Gasteiger partial charge in [0.2, 0.25) is 0 Å². The third kappa shape index (κ3) is 5.57. The molecule has 0 aliphatic heterocycles. The fraction of sp³-hybridized carbons (Fsp3) is 0.556. The van der Waals surface area contributed by atoms with Crippen LogP contribution in [0.25, 0.3) is 0 Å². The Bertz CT molecular complexity index is 105. The molecule has 1 unspecified atom stereocenters. The highest BCUT2D eigenvalue weighted by Gasteiger charge is 1.91. The predicted octanol–water partition coefficient (Wildman–Crippen LogP) is 2.28. The lowest BCUT2D eigenvalue weighted by atomic mass is 10.2. The quantitative estimate of drug-likeness (QED) is 0.581. The SMILES string of the molecule is C=CCC(O)/C=C/CCC. The fourth-order valence-electron chi connectivity index (χ4n) is 0.669. The lowest BCUT2D eigenvalue weighted by Crippen LogP contribution is -1.98. The number of aliphatic hydroxyl groups excluding tert-OH is 1. The molecule has 0 spiro atoms. The van der Waals surface area contributed by atoms with Crippen LogP contribution in [0.5, 0.6) is 0 Å². The monoisotopic (exact) mass is 140 g/mol. The third-order valence-electron chi connectivity index (χ3n) is 1.22. The summed E-state index contributed by atoms with van der Waals surface area (Å²) in [6.07, 6.45) is 8.07. The predicted molar refractivity (Wildman–Crippen MR) is 44.9 cm³/mol. The molecule has 0 radical (unpaired) electrons. The number of unbranched alkanes of at least 4 members (excludes halogenated alkanes) is 1. The van der Waals surface area contributed by atoms with Crippen molar-refractivity contribution in [3.8, 4) is 0 Å². The van der Waals surface area contributed by atoms with Gasteiger partial charge in [0.1, 0.15) is 0 Å². The molecule has 1 N–H and O–H groups in total. The van der Waals surface area contributed by atoms with Gasteiger partial charge in [-0.15, -0.1) is 6.58 Å². The molecule has 0 aromatic heterocycles. The highest BCUT2D eigenvalue weighted by molar-refractivity contribution is 4.91. The number of hydrogen-bond donors (Lipinski definition) is 1. The van der Waals surface area contributed by atoms with Crippen LogP contribution in [0, 0.1) is 0 Å². The van der Waals surface area contributed by atoms with Crippen LogP contribution in [-0.2, 0) is 0 Å². The lowest BCUT2D eigenvalue weighted by molar-refractivity contribution is 0.226. The average Bonchev–Trinajstić information content (AvgIpc) is 1.89. The van der Waals surface area contributed by atoms with Gasteiger partial charge in [-0.25, -0.2) is 0 Å². The summed E-state index contributed by atoms with van der Waals surface area (Å²) < 4.78 is 0. The molecule has 0 saturated carbocycles. The minimum Gasteiger partial charge on any atom is -0.389 e. The van der Waals surface area contributed by atoms with Crippen molar-refractivity contribution in [2.45, 2.75) is 32.3 Å². The summed E-state index contributed by atoms with van der Waals surface area (Å²) in [5.74, 6) is 0. The van der Waals surface area contributed by atoms with Crippen LogP contribution in [0.3, 0.4) is 0 Å². The highest BCUT2D eigenvalue weighted by atomic mass is 16.3. The lowest BCUT2D eigenvalue weighted by Gasteiger charge is -1.98. The van der Waals surface area contributed by atoms with Crippen molar-refractivity contribution in [1.82, 2.24) is 0 Å². The van der Waals surface area contributed by atoms with Gasteiger partial charge in [-0.1, -0.05) is 31.6 Å². The molecule has 0 bridgehead atoms. The van der Waals surface area contributed by atoms with Gasteiger partial charge in [-0.3, -0.25) is 0 Å². The van der Waals surface area contributed by atoms with Crippen molar-refractivity contribution >= 4 is 0 Å². The molecular formula is C9H16O. The molecule has 0 aromatic carbocycles. The first kappa shape index (κ1) is 9.44. The molecule has 0 aliphatic rings. The topological polar surface area (TPSA) is 20.2 Å². The maximum absolute atomic E-state index is 9.12. The standard InChI is InChI=1S/C9H16O/c1-3-5-6-8-9(10)7-4-2/h4,6,8-10H,2-3,5,7H2,1H3/b8-6+. The second-order valence-corrected chi connectivity index (χ2v) is 2.31. The van der Waals surface area contributed by atoms with E-state index >= 15 is 0 Å². The summed E-state index contributed by atoms with van der Waals surface area (Å²) >= 11 is 0. The molecule has 0 heterocycles. The first-order valence-corrected chi connectivity index (χ1v) is 3.76. The van der Waals surface area contributed by atoms with Gasteiger partial charge < -0.3 is 5.11 Å². The fourth-order valence-corrected chi connectivity index (χ4v) is 0.669. The van der Waals surface area contributed by atoms with Gasteiger partial charge in [0, 0.05) is 0 Å². The number of rotatable bonds is 5. The van der Waals surface area contributed by atoms with Gasteiger partial charge in [0.05, 0.1) is 6.10 Å². The Morgan fingerprint density at radius 2 is 2.30 bits per heavy atom. The largest absolute Gasteiger partial charge is 0.389 e. The van der Waals surface area contributed by atoms with Gasteiger partial charge in [-0.05, 0) is 12.8 Å². The van der Waals surface area contributed by atoms with Crippen LogP contribution >= 0.6 is 0 Å². The third-order valence-corrected chi connectivity index (χ3v) is 1.22. The van der Waals surface area contributed by atoms with Crippen LogP contribution < -0.4 is 0 Å². The molecule has 0 aliphatic carbocycles.